The van der Waals surface area contributed by atoms with Gasteiger partial charge in [-0.05, 0) is 111 Å². The third-order valence-corrected chi connectivity index (χ3v) is 7.13. The Bertz CT molecular complexity index is 933. The summed E-state index contributed by atoms with van der Waals surface area (Å²) in [5.74, 6) is 1.71. The van der Waals surface area contributed by atoms with Crippen LogP contribution in [0.4, 0.5) is 0 Å². The lowest BCUT2D eigenvalue weighted by molar-refractivity contribution is 0.0679. The van der Waals surface area contributed by atoms with Crippen LogP contribution >= 0.6 is 0 Å². The molecule has 0 spiro atoms. The molecule has 176 valence electrons. The lowest BCUT2D eigenvalue weighted by Crippen LogP contribution is -2.38. The van der Waals surface area contributed by atoms with E-state index in [1.807, 2.05) is 24.3 Å². The highest BCUT2D eigenvalue weighted by atomic mass is 16.5. The highest BCUT2D eigenvalue weighted by Gasteiger charge is 2.22. The Kier molecular flexibility index (Phi) is 7.27. The molecule has 0 aromatic heterocycles. The van der Waals surface area contributed by atoms with Crippen LogP contribution in [-0.4, -0.2) is 44.4 Å². The Morgan fingerprint density at radius 2 is 1.91 bits per heavy atom. The van der Waals surface area contributed by atoms with E-state index in [4.69, 9.17) is 9.47 Å². The highest BCUT2D eigenvalue weighted by molar-refractivity contribution is 5.94. The van der Waals surface area contributed by atoms with Gasteiger partial charge < -0.3 is 20.1 Å². The van der Waals surface area contributed by atoms with Gasteiger partial charge in [-0.3, -0.25) is 4.79 Å². The summed E-state index contributed by atoms with van der Waals surface area (Å²) in [6, 6.07) is 14.5. The summed E-state index contributed by atoms with van der Waals surface area (Å²) in [5, 5.41) is 6.82. The summed E-state index contributed by atoms with van der Waals surface area (Å²) < 4.78 is 11.4. The van der Waals surface area contributed by atoms with Gasteiger partial charge in [0.1, 0.15) is 12.4 Å². The van der Waals surface area contributed by atoms with Gasteiger partial charge in [-0.25, -0.2) is 0 Å². The number of hydrogen-bond donors (Lipinski definition) is 2. The van der Waals surface area contributed by atoms with Crippen molar-refractivity contribution in [2.45, 2.75) is 63.5 Å². The van der Waals surface area contributed by atoms with Crippen LogP contribution in [0, 0.1) is 5.92 Å². The van der Waals surface area contributed by atoms with Gasteiger partial charge in [0.2, 0.25) is 0 Å². The first-order valence-corrected chi connectivity index (χ1v) is 12.7. The predicted octanol–water partition coefficient (Wildman–Crippen LogP) is 4.07. The van der Waals surface area contributed by atoms with Crippen LogP contribution < -0.4 is 15.4 Å². The van der Waals surface area contributed by atoms with E-state index >= 15 is 0 Å². The van der Waals surface area contributed by atoms with Crippen molar-refractivity contribution in [1.82, 2.24) is 10.6 Å². The molecule has 1 heterocycles. The number of ether oxygens (including phenoxy) is 2. The fourth-order valence-corrected chi connectivity index (χ4v) is 4.88. The molecule has 2 aliphatic carbocycles. The van der Waals surface area contributed by atoms with Crippen molar-refractivity contribution >= 4 is 5.91 Å². The molecule has 0 unspecified atom stereocenters. The first kappa shape index (κ1) is 22.4. The fraction of sp³-hybridized carbons (Fsp3) is 0.536. The van der Waals surface area contributed by atoms with E-state index in [2.05, 4.69) is 28.8 Å². The summed E-state index contributed by atoms with van der Waals surface area (Å²) in [5.41, 5.74) is 4.92. The number of carbonyl (C=O) groups excluding carboxylic acids is 1. The van der Waals surface area contributed by atoms with Crippen molar-refractivity contribution in [1.29, 1.82) is 0 Å². The number of hydrogen-bond acceptors (Lipinski definition) is 4. The third-order valence-electron chi connectivity index (χ3n) is 7.13. The molecule has 2 aromatic carbocycles. The predicted molar refractivity (Wildman–Crippen MR) is 130 cm³/mol. The molecule has 2 aromatic rings. The second-order valence-electron chi connectivity index (χ2n) is 9.88. The smallest absolute Gasteiger partial charge is 0.251 e. The Labute approximate surface area is 197 Å². The normalized spacial score (nSPS) is 22.1. The second-order valence-corrected chi connectivity index (χ2v) is 9.88. The van der Waals surface area contributed by atoms with Crippen LogP contribution in [0.15, 0.2) is 42.5 Å². The molecule has 33 heavy (non-hydrogen) atoms. The van der Waals surface area contributed by atoms with Gasteiger partial charge in [-0.1, -0.05) is 18.2 Å². The monoisotopic (exact) mass is 448 g/mol. The zero-order valence-electron chi connectivity index (χ0n) is 19.5. The molecule has 0 bridgehead atoms. The van der Waals surface area contributed by atoms with Crippen LogP contribution in [0.1, 0.15) is 59.2 Å². The maximum absolute atomic E-state index is 12.8. The minimum Gasteiger partial charge on any atom is -0.491 e. The first-order valence-electron chi connectivity index (χ1n) is 12.7. The Morgan fingerprint density at radius 1 is 1.03 bits per heavy atom. The first-order chi connectivity index (χ1) is 16.2. The minimum absolute atomic E-state index is 0.00696. The fourth-order valence-electron chi connectivity index (χ4n) is 4.88. The molecule has 1 saturated carbocycles. The van der Waals surface area contributed by atoms with Gasteiger partial charge in [0.15, 0.2) is 0 Å². The van der Waals surface area contributed by atoms with Crippen LogP contribution in [0.5, 0.6) is 5.75 Å². The molecule has 5 nitrogen and oxygen atoms in total. The Hall–Kier alpha value is -2.37. The van der Waals surface area contributed by atoms with Gasteiger partial charge in [0, 0.05) is 18.2 Å². The van der Waals surface area contributed by atoms with Crippen molar-refractivity contribution in [3.05, 3.63) is 64.7 Å². The lowest BCUT2D eigenvalue weighted by atomic mass is 9.86. The lowest BCUT2D eigenvalue weighted by Gasteiger charge is -2.26. The van der Waals surface area contributed by atoms with E-state index in [0.29, 0.717) is 12.2 Å². The van der Waals surface area contributed by atoms with E-state index in [9.17, 15) is 4.79 Å². The number of amides is 1. The maximum atomic E-state index is 12.8. The Balaban J connectivity index is 1.08. The van der Waals surface area contributed by atoms with Crippen molar-refractivity contribution < 1.29 is 14.3 Å². The zero-order chi connectivity index (χ0) is 22.5. The largest absolute Gasteiger partial charge is 0.491 e. The minimum atomic E-state index is -0.00696. The topological polar surface area (TPSA) is 59.6 Å². The summed E-state index contributed by atoms with van der Waals surface area (Å²) >= 11 is 0. The van der Waals surface area contributed by atoms with Gasteiger partial charge >= 0.3 is 0 Å². The van der Waals surface area contributed by atoms with Crippen LogP contribution in [0.2, 0.25) is 0 Å². The molecule has 2 atom stereocenters. The van der Waals surface area contributed by atoms with E-state index in [1.54, 1.807) is 0 Å². The highest BCUT2D eigenvalue weighted by Crippen LogP contribution is 2.27. The quantitative estimate of drug-likeness (QED) is 0.538. The van der Waals surface area contributed by atoms with Crippen LogP contribution in [-0.2, 0) is 24.0 Å². The van der Waals surface area contributed by atoms with Crippen molar-refractivity contribution in [2.75, 3.05) is 26.3 Å². The van der Waals surface area contributed by atoms with E-state index in [-0.39, 0.29) is 18.1 Å². The molecular weight excluding hydrogens is 412 g/mol. The molecule has 1 saturated heterocycles. The number of fused-ring (bicyclic) bond motifs is 1. The molecule has 1 aliphatic heterocycles. The Morgan fingerprint density at radius 3 is 2.70 bits per heavy atom. The molecule has 5 heteroatoms. The van der Waals surface area contributed by atoms with Crippen LogP contribution in [0.3, 0.4) is 0 Å². The average molecular weight is 449 g/mol. The van der Waals surface area contributed by atoms with Gasteiger partial charge in [0.05, 0.1) is 6.10 Å². The second kappa shape index (κ2) is 10.7. The van der Waals surface area contributed by atoms with Gasteiger partial charge in [-0.2, -0.15) is 0 Å². The number of benzene rings is 2. The van der Waals surface area contributed by atoms with Gasteiger partial charge in [-0.15, -0.1) is 0 Å². The number of carbonyl (C=O) groups is 1. The van der Waals surface area contributed by atoms with Crippen molar-refractivity contribution in [2.24, 2.45) is 5.92 Å². The van der Waals surface area contributed by atoms with E-state index in [1.165, 1.54) is 36.1 Å². The number of rotatable bonds is 10. The summed E-state index contributed by atoms with van der Waals surface area (Å²) in [7, 11) is 0. The van der Waals surface area contributed by atoms with Crippen molar-refractivity contribution in [3.8, 4) is 5.75 Å². The standard InChI is InChI=1S/C28H36N2O3/c31-28(22-8-11-26(12-9-22)33-19-27-2-1-15-32-27)30-25-10-7-23-16-20(5-6-24(23)17-25)13-14-29-18-21-3-4-21/h5-6,8-9,11-12,16,21,25,27,29H,1-4,7,10,13-15,17-19H2,(H,30,31)/t25-,27-/m0/s1. The molecule has 1 amide bonds. The molecule has 0 radical (unpaired) electrons. The summed E-state index contributed by atoms with van der Waals surface area (Å²) in [6.07, 6.45) is 9.19. The summed E-state index contributed by atoms with van der Waals surface area (Å²) in [6.45, 7) is 3.65. The van der Waals surface area contributed by atoms with E-state index in [0.717, 1.165) is 63.3 Å². The average Bonchev–Trinajstić information content (AvgIpc) is 3.52. The van der Waals surface area contributed by atoms with Gasteiger partial charge in [0.25, 0.3) is 5.91 Å². The molecular formula is C28H36N2O3. The SMILES string of the molecule is O=C(N[C@H]1CCc2cc(CCNCC3CC3)ccc2C1)c1ccc(OC[C@@H]2CCCO2)cc1. The molecule has 5 rings (SSSR count). The zero-order valence-corrected chi connectivity index (χ0v) is 19.5. The molecule has 2 fully saturated rings. The molecule has 3 aliphatic rings. The van der Waals surface area contributed by atoms with E-state index < -0.39 is 0 Å². The maximum Gasteiger partial charge on any atom is 0.251 e. The summed E-state index contributed by atoms with van der Waals surface area (Å²) in [4.78, 5) is 12.8. The number of aryl methyl sites for hydroxylation is 1. The number of nitrogens with one attached hydrogen (secondary N) is 2. The third kappa shape index (κ3) is 6.36. The van der Waals surface area contributed by atoms with Crippen LogP contribution in [0.25, 0.3) is 0 Å². The molecule has 2 N–H and O–H groups in total. The van der Waals surface area contributed by atoms with Crippen molar-refractivity contribution in [3.63, 3.8) is 0 Å².